The van der Waals surface area contributed by atoms with E-state index in [2.05, 4.69) is 16.0 Å². The lowest BCUT2D eigenvalue weighted by atomic mass is 9.96. The maximum absolute atomic E-state index is 9.44. The number of aliphatic hydroxyl groups excluding tert-OH is 1. The normalized spacial score (nSPS) is 18.7. The van der Waals surface area contributed by atoms with Gasteiger partial charge in [-0.1, -0.05) is 18.2 Å². The molecule has 0 bridgehead atoms. The molecule has 0 aliphatic carbocycles. The number of aliphatic hydroxyl groups is 1. The van der Waals surface area contributed by atoms with Crippen LogP contribution in [0.2, 0.25) is 0 Å². The molecule has 0 amide bonds. The Labute approximate surface area is 124 Å². The van der Waals surface area contributed by atoms with E-state index in [1.807, 2.05) is 25.1 Å². The Bertz CT molecular complexity index is 705. The summed E-state index contributed by atoms with van der Waals surface area (Å²) in [5, 5.41) is 19.9. The first-order valence-electron chi connectivity index (χ1n) is 7.39. The first-order chi connectivity index (χ1) is 10.2. The van der Waals surface area contributed by atoms with Gasteiger partial charge in [-0.2, -0.15) is 5.26 Å². The van der Waals surface area contributed by atoms with Crippen molar-refractivity contribution in [2.75, 3.05) is 24.6 Å². The quantitative estimate of drug-likeness (QED) is 0.919. The number of benzene rings is 1. The van der Waals surface area contributed by atoms with Gasteiger partial charge in [-0.15, -0.1) is 0 Å². The first-order valence-corrected chi connectivity index (χ1v) is 7.39. The lowest BCUT2D eigenvalue weighted by Crippen LogP contribution is -2.37. The van der Waals surface area contributed by atoms with E-state index in [4.69, 9.17) is 0 Å². The molecule has 1 aromatic carbocycles. The van der Waals surface area contributed by atoms with Crippen molar-refractivity contribution in [1.82, 2.24) is 4.98 Å². The average Bonchev–Trinajstić information content (AvgIpc) is 2.54. The van der Waals surface area contributed by atoms with Crippen LogP contribution in [0.5, 0.6) is 0 Å². The molecule has 3 rings (SSSR count). The largest absolute Gasteiger partial charge is 0.396 e. The molecule has 1 aromatic heterocycles. The number of aromatic nitrogens is 1. The van der Waals surface area contributed by atoms with Gasteiger partial charge < -0.3 is 10.0 Å². The fourth-order valence-electron chi connectivity index (χ4n) is 3.20. The summed E-state index contributed by atoms with van der Waals surface area (Å²) in [7, 11) is 0. The van der Waals surface area contributed by atoms with Crippen molar-refractivity contribution in [1.29, 1.82) is 5.26 Å². The molecule has 0 unspecified atom stereocenters. The van der Waals surface area contributed by atoms with Gasteiger partial charge in [0.2, 0.25) is 0 Å². The van der Waals surface area contributed by atoms with Gasteiger partial charge in [0.1, 0.15) is 6.07 Å². The number of fused-ring (bicyclic) bond motifs is 1. The summed E-state index contributed by atoms with van der Waals surface area (Å²) in [6.45, 7) is 3.98. The third kappa shape index (κ3) is 2.45. The van der Waals surface area contributed by atoms with Crippen LogP contribution in [-0.4, -0.2) is 29.8 Å². The van der Waals surface area contributed by atoms with Gasteiger partial charge in [0, 0.05) is 31.3 Å². The van der Waals surface area contributed by atoms with Crippen molar-refractivity contribution in [3.05, 3.63) is 35.5 Å². The predicted molar refractivity (Wildman–Crippen MR) is 83.2 cm³/mol. The van der Waals surface area contributed by atoms with Crippen LogP contribution in [0.15, 0.2) is 24.4 Å². The molecule has 1 aliphatic heterocycles. The molecule has 0 spiro atoms. The Kier molecular flexibility index (Phi) is 3.76. The van der Waals surface area contributed by atoms with Gasteiger partial charge in [0.25, 0.3) is 0 Å². The minimum absolute atomic E-state index is 0.209. The number of hydrogen-bond donors (Lipinski definition) is 1. The van der Waals surface area contributed by atoms with Gasteiger partial charge >= 0.3 is 0 Å². The van der Waals surface area contributed by atoms with Crippen LogP contribution in [0.4, 0.5) is 5.69 Å². The van der Waals surface area contributed by atoms with Crippen molar-refractivity contribution in [2.24, 2.45) is 5.92 Å². The van der Waals surface area contributed by atoms with Crippen LogP contribution in [0, 0.1) is 24.2 Å². The summed E-state index contributed by atoms with van der Waals surface area (Å²) in [5.41, 5.74) is 3.67. The van der Waals surface area contributed by atoms with Crippen LogP contribution in [0.1, 0.15) is 24.0 Å². The molecular weight excluding hydrogens is 262 g/mol. The molecule has 1 saturated heterocycles. The second kappa shape index (κ2) is 5.71. The highest BCUT2D eigenvalue weighted by Crippen LogP contribution is 2.33. The number of anilines is 1. The summed E-state index contributed by atoms with van der Waals surface area (Å²) in [6.07, 6.45) is 3.77. The van der Waals surface area contributed by atoms with Crippen LogP contribution in [-0.2, 0) is 0 Å². The van der Waals surface area contributed by atoms with E-state index < -0.39 is 0 Å². The Hall–Kier alpha value is -2.12. The summed E-state index contributed by atoms with van der Waals surface area (Å²) < 4.78 is 0. The maximum atomic E-state index is 9.44. The average molecular weight is 281 g/mol. The summed E-state index contributed by atoms with van der Waals surface area (Å²) in [4.78, 5) is 6.69. The zero-order valence-corrected chi connectivity index (χ0v) is 12.2. The Morgan fingerprint density at radius 1 is 1.48 bits per heavy atom. The molecule has 108 valence electrons. The van der Waals surface area contributed by atoms with Gasteiger partial charge in [-0.05, 0) is 31.2 Å². The molecule has 2 aromatic rings. The number of para-hydroxylation sites is 1. The van der Waals surface area contributed by atoms with Crippen molar-refractivity contribution in [3.63, 3.8) is 0 Å². The van der Waals surface area contributed by atoms with E-state index in [1.165, 1.54) is 0 Å². The minimum atomic E-state index is 0.209. The fraction of sp³-hybridized carbons (Fsp3) is 0.412. The van der Waals surface area contributed by atoms with E-state index in [-0.39, 0.29) is 6.61 Å². The van der Waals surface area contributed by atoms with E-state index in [1.54, 1.807) is 6.20 Å². The number of aryl methyl sites for hydroxylation is 1. The van der Waals surface area contributed by atoms with Crippen molar-refractivity contribution in [3.8, 4) is 6.07 Å². The van der Waals surface area contributed by atoms with E-state index in [9.17, 15) is 10.4 Å². The highest BCUT2D eigenvalue weighted by atomic mass is 16.3. The highest BCUT2D eigenvalue weighted by molar-refractivity contribution is 5.96. The fourth-order valence-corrected chi connectivity index (χ4v) is 3.20. The number of nitrogens with zero attached hydrogens (tertiary/aromatic N) is 3. The molecule has 1 aliphatic rings. The van der Waals surface area contributed by atoms with Gasteiger partial charge in [0.05, 0.1) is 16.8 Å². The SMILES string of the molecule is Cc1cccc2c(N3CCC[C@@H](CO)C3)c(C#N)cnc12. The maximum Gasteiger partial charge on any atom is 0.103 e. The van der Waals surface area contributed by atoms with Crippen molar-refractivity contribution < 1.29 is 5.11 Å². The van der Waals surface area contributed by atoms with Crippen LogP contribution in [0.25, 0.3) is 10.9 Å². The minimum Gasteiger partial charge on any atom is -0.396 e. The van der Waals surface area contributed by atoms with E-state index in [0.717, 1.165) is 48.1 Å². The molecule has 2 heterocycles. The Balaban J connectivity index is 2.15. The van der Waals surface area contributed by atoms with Gasteiger partial charge in [0.15, 0.2) is 0 Å². The Morgan fingerprint density at radius 2 is 2.33 bits per heavy atom. The predicted octanol–water partition coefficient (Wildman–Crippen LogP) is 2.62. The smallest absolute Gasteiger partial charge is 0.103 e. The number of rotatable bonds is 2. The molecular formula is C17H19N3O. The zero-order chi connectivity index (χ0) is 14.8. The first kappa shape index (κ1) is 13.8. The third-order valence-corrected chi connectivity index (χ3v) is 4.28. The van der Waals surface area contributed by atoms with Crippen molar-refractivity contribution >= 4 is 16.6 Å². The number of piperidine rings is 1. The summed E-state index contributed by atoms with van der Waals surface area (Å²) >= 11 is 0. The number of nitriles is 1. The second-order valence-electron chi connectivity index (χ2n) is 5.74. The molecule has 1 atom stereocenters. The topological polar surface area (TPSA) is 60.1 Å². The second-order valence-corrected chi connectivity index (χ2v) is 5.74. The summed E-state index contributed by atoms with van der Waals surface area (Å²) in [6, 6.07) is 8.36. The van der Waals surface area contributed by atoms with Crippen LogP contribution >= 0.6 is 0 Å². The highest BCUT2D eigenvalue weighted by Gasteiger charge is 2.23. The van der Waals surface area contributed by atoms with Crippen LogP contribution < -0.4 is 4.90 Å². The van der Waals surface area contributed by atoms with E-state index >= 15 is 0 Å². The standard InChI is InChI=1S/C17H19N3O/c1-12-4-2-6-15-16(12)19-9-14(8-18)17(15)20-7-3-5-13(10-20)11-21/h2,4,6,9,13,21H,3,5,7,10-11H2,1H3/t13-/m1/s1. The monoisotopic (exact) mass is 281 g/mol. The zero-order valence-electron chi connectivity index (χ0n) is 12.2. The van der Waals surface area contributed by atoms with Crippen molar-refractivity contribution in [2.45, 2.75) is 19.8 Å². The lowest BCUT2D eigenvalue weighted by molar-refractivity contribution is 0.209. The Morgan fingerprint density at radius 3 is 3.10 bits per heavy atom. The molecule has 21 heavy (non-hydrogen) atoms. The summed E-state index contributed by atoms with van der Waals surface area (Å²) in [5.74, 6) is 0.290. The third-order valence-electron chi connectivity index (χ3n) is 4.28. The van der Waals surface area contributed by atoms with Gasteiger partial charge in [-0.3, -0.25) is 4.98 Å². The van der Waals surface area contributed by atoms with Crippen LogP contribution in [0.3, 0.4) is 0 Å². The number of pyridine rings is 1. The lowest BCUT2D eigenvalue weighted by Gasteiger charge is -2.34. The molecule has 0 radical (unpaired) electrons. The molecule has 0 saturated carbocycles. The van der Waals surface area contributed by atoms with Gasteiger partial charge in [-0.25, -0.2) is 0 Å². The van der Waals surface area contributed by atoms with E-state index in [0.29, 0.717) is 11.5 Å². The number of hydrogen-bond acceptors (Lipinski definition) is 4. The molecule has 4 heteroatoms. The molecule has 1 fully saturated rings. The molecule has 4 nitrogen and oxygen atoms in total. The molecule has 1 N–H and O–H groups in total.